The lowest BCUT2D eigenvalue weighted by molar-refractivity contribution is -0.828. The number of halogens is 2. The normalized spacial score (nSPS) is 17.7. The van der Waals surface area contributed by atoms with Crippen molar-refractivity contribution in [1.82, 2.24) is 25.7 Å². The lowest BCUT2D eigenvalue weighted by Crippen LogP contribution is -2.98. The molecule has 12 heteroatoms. The van der Waals surface area contributed by atoms with E-state index < -0.39 is 0 Å². The Labute approximate surface area is 201 Å². The molecule has 2 aromatic rings. The van der Waals surface area contributed by atoms with Crippen LogP contribution in [-0.2, 0) is 0 Å². The highest BCUT2D eigenvalue weighted by Gasteiger charge is 2.26. The van der Waals surface area contributed by atoms with Crippen LogP contribution in [0.4, 0.5) is 5.69 Å². The van der Waals surface area contributed by atoms with Gasteiger partial charge in [-0.2, -0.15) is 5.10 Å². The van der Waals surface area contributed by atoms with E-state index in [-0.39, 0.29) is 17.8 Å². The molecule has 1 aromatic carbocycles. The fourth-order valence-electron chi connectivity index (χ4n) is 3.20. The maximum absolute atomic E-state index is 12.7. The number of carbonyl (C=O) groups is 1. The van der Waals surface area contributed by atoms with Gasteiger partial charge in [-0.1, -0.05) is 30.1 Å². The van der Waals surface area contributed by atoms with Crippen molar-refractivity contribution >= 4 is 40.6 Å². The molecule has 0 unspecified atom stereocenters. The second-order valence-electron chi connectivity index (χ2n) is 8.03. The van der Waals surface area contributed by atoms with Crippen molar-refractivity contribution in [2.75, 3.05) is 18.2 Å². The summed E-state index contributed by atoms with van der Waals surface area (Å²) in [6.07, 6.45) is 4.83. The van der Waals surface area contributed by atoms with Crippen molar-refractivity contribution < 1.29 is 15.1 Å². The number of nitrogens with one attached hydrogen (secondary N) is 2. The number of amides is 1. The molecule has 0 radical (unpaired) electrons. The number of carbonyl (C=O) groups excluding carboxylic acids is 1. The second-order valence-corrected chi connectivity index (χ2v) is 8.85. The topological polar surface area (TPSA) is 112 Å². The second kappa shape index (κ2) is 9.82. The van der Waals surface area contributed by atoms with Crippen LogP contribution in [0.25, 0.3) is 0 Å². The van der Waals surface area contributed by atoms with E-state index in [0.717, 1.165) is 11.4 Å². The Morgan fingerprint density at radius 2 is 2.06 bits per heavy atom. The van der Waals surface area contributed by atoms with Gasteiger partial charge in [0.05, 0.1) is 40.1 Å². The summed E-state index contributed by atoms with van der Waals surface area (Å²) in [5.74, 6) is 0.225. The van der Waals surface area contributed by atoms with Gasteiger partial charge >= 0.3 is 6.01 Å². The van der Waals surface area contributed by atoms with E-state index >= 15 is 0 Å². The summed E-state index contributed by atoms with van der Waals surface area (Å²) < 4.78 is 5.60. The number of quaternary nitrogens is 1. The Bertz CT molecular complexity index is 1090. The van der Waals surface area contributed by atoms with Crippen molar-refractivity contribution in [1.29, 1.82) is 0 Å². The summed E-state index contributed by atoms with van der Waals surface area (Å²) in [4.78, 5) is 20.9. The first-order chi connectivity index (χ1) is 15.8. The smallest absolute Gasteiger partial charge is 0.316 e. The van der Waals surface area contributed by atoms with Crippen LogP contribution >= 0.6 is 23.2 Å². The third kappa shape index (κ3) is 5.47. The molecule has 1 amide bonds. The lowest BCUT2D eigenvalue weighted by atomic mass is 10.1. The fraction of sp³-hybridized carbons (Fsp3) is 0.333. The van der Waals surface area contributed by atoms with Gasteiger partial charge in [-0.25, -0.2) is 20.4 Å². The van der Waals surface area contributed by atoms with Gasteiger partial charge in [0.25, 0.3) is 5.91 Å². The summed E-state index contributed by atoms with van der Waals surface area (Å²) in [5.41, 5.74) is 7.02. The largest absolute Gasteiger partial charge is 0.457 e. The van der Waals surface area contributed by atoms with E-state index in [2.05, 4.69) is 39.7 Å². The molecule has 0 fully saturated rings. The van der Waals surface area contributed by atoms with E-state index in [1.54, 1.807) is 17.1 Å². The molecule has 33 heavy (non-hydrogen) atoms. The van der Waals surface area contributed by atoms with Crippen molar-refractivity contribution in [2.45, 2.75) is 26.8 Å². The van der Waals surface area contributed by atoms with Gasteiger partial charge in [0.15, 0.2) is 0 Å². The van der Waals surface area contributed by atoms with Crippen LogP contribution in [0.1, 0.15) is 31.1 Å². The average Bonchev–Trinajstić information content (AvgIpc) is 3.42. The quantitative estimate of drug-likeness (QED) is 0.529. The number of aromatic nitrogens is 2. The molecular formula is C21H25Cl2N8O2+. The molecule has 1 aromatic heterocycles. The van der Waals surface area contributed by atoms with E-state index in [1.807, 2.05) is 29.7 Å². The zero-order valence-electron chi connectivity index (χ0n) is 18.4. The van der Waals surface area contributed by atoms with E-state index in [9.17, 15) is 4.79 Å². The number of benzene rings is 1. The minimum Gasteiger partial charge on any atom is -0.457 e. The molecule has 0 bridgehead atoms. The molecule has 2 aliphatic rings. The van der Waals surface area contributed by atoms with Gasteiger partial charge in [-0.15, -0.1) is 5.53 Å². The predicted molar refractivity (Wildman–Crippen MR) is 126 cm³/mol. The van der Waals surface area contributed by atoms with Gasteiger partial charge in [0.2, 0.25) is 0 Å². The molecular weight excluding hydrogens is 467 g/mol. The Hall–Kier alpha value is -3.08. The van der Waals surface area contributed by atoms with Crippen LogP contribution in [0.2, 0.25) is 10.0 Å². The number of amidine groups is 1. The number of nitrogens with two attached hydrogens (primary N) is 1. The minimum absolute atomic E-state index is 0.0151. The average molecular weight is 492 g/mol. The molecule has 0 saturated carbocycles. The van der Waals surface area contributed by atoms with E-state index in [1.165, 1.54) is 12.4 Å². The van der Waals surface area contributed by atoms with Gasteiger partial charge in [0.1, 0.15) is 18.1 Å². The Morgan fingerprint density at radius 3 is 2.73 bits per heavy atom. The first kappa shape index (κ1) is 23.1. The monoisotopic (exact) mass is 491 g/mol. The number of rotatable bonds is 6. The molecule has 3 heterocycles. The van der Waals surface area contributed by atoms with E-state index in [0.29, 0.717) is 40.6 Å². The summed E-state index contributed by atoms with van der Waals surface area (Å²) in [6, 6.07) is 5.83. The summed E-state index contributed by atoms with van der Waals surface area (Å²) in [6.45, 7) is 7.06. The molecule has 1 atom stereocenters. The third-order valence-electron chi connectivity index (χ3n) is 5.13. The van der Waals surface area contributed by atoms with Crippen molar-refractivity contribution in [3.05, 3.63) is 58.1 Å². The predicted octanol–water partition coefficient (Wildman–Crippen LogP) is 1.91. The number of nitrogens with zero attached hydrogens (tertiary/aromatic N) is 5. The minimum atomic E-state index is -0.342. The van der Waals surface area contributed by atoms with Crippen LogP contribution < -0.4 is 26.0 Å². The first-order valence-corrected chi connectivity index (χ1v) is 11.2. The molecule has 4 rings (SSSR count). The highest BCUT2D eigenvalue weighted by molar-refractivity contribution is 6.42. The summed E-state index contributed by atoms with van der Waals surface area (Å²) >= 11 is 12.1. The maximum Gasteiger partial charge on any atom is 0.316 e. The zero-order chi connectivity index (χ0) is 23.5. The van der Waals surface area contributed by atoms with Gasteiger partial charge < -0.3 is 10.1 Å². The van der Waals surface area contributed by atoms with Crippen molar-refractivity contribution in [2.24, 2.45) is 11.0 Å². The van der Waals surface area contributed by atoms with Crippen molar-refractivity contribution in [3.8, 4) is 6.01 Å². The Morgan fingerprint density at radius 1 is 1.30 bits per heavy atom. The lowest BCUT2D eigenvalue weighted by Gasteiger charge is -2.14. The highest BCUT2D eigenvalue weighted by atomic mass is 35.5. The fourth-order valence-corrected chi connectivity index (χ4v) is 3.49. The number of ether oxygens (including phenoxy) is 1. The SMILES string of the molecule is CC(C)N1C=C(COc2ncc(C(=O)NC3=NN(c4ccc(Cl)c(Cl)c4)C[C@@H]3C)cn2)N[NH2+]1. The van der Waals surface area contributed by atoms with Crippen LogP contribution in [-0.4, -0.2) is 45.9 Å². The molecule has 10 nitrogen and oxygen atoms in total. The highest BCUT2D eigenvalue weighted by Crippen LogP contribution is 2.29. The zero-order valence-corrected chi connectivity index (χ0v) is 19.9. The molecule has 0 spiro atoms. The Kier molecular flexibility index (Phi) is 6.87. The molecule has 4 N–H and O–H groups in total. The van der Waals surface area contributed by atoms with Crippen molar-refractivity contribution in [3.63, 3.8) is 0 Å². The number of hydrazone groups is 1. The standard InChI is InChI=1S/C21H24Cl2N8O2/c1-12(2)30-10-15(27-29-30)11-33-21-24-7-14(8-25-21)20(32)26-19-13(3)9-31(28-19)16-4-5-17(22)18(23)6-16/h4-8,10,12-13,27,29H,9,11H2,1-3H3,(H,26,28,32)/p+1/t13-/m0/s1. The van der Waals surface area contributed by atoms with Gasteiger partial charge in [-0.05, 0) is 32.0 Å². The molecule has 0 saturated heterocycles. The van der Waals surface area contributed by atoms with Crippen LogP contribution in [0.5, 0.6) is 6.01 Å². The molecule has 0 aliphatic carbocycles. The molecule has 174 valence electrons. The third-order valence-corrected chi connectivity index (χ3v) is 5.87. The molecule has 2 aliphatic heterocycles. The van der Waals surface area contributed by atoms with E-state index in [4.69, 9.17) is 27.9 Å². The number of anilines is 1. The van der Waals surface area contributed by atoms with Gasteiger partial charge in [-0.3, -0.25) is 9.80 Å². The summed E-state index contributed by atoms with van der Waals surface area (Å²) in [7, 11) is 0. The van der Waals surface area contributed by atoms with Crippen LogP contribution in [0.15, 0.2) is 47.6 Å². The Balaban J connectivity index is 1.34. The van der Waals surface area contributed by atoms with Crippen LogP contribution in [0, 0.1) is 5.92 Å². The van der Waals surface area contributed by atoms with Gasteiger partial charge in [0, 0.05) is 18.3 Å². The maximum atomic E-state index is 12.7. The number of hydrogen-bond donors (Lipinski definition) is 3. The first-order valence-electron chi connectivity index (χ1n) is 10.5. The number of hydrogen-bond acceptors (Lipinski definition) is 8. The van der Waals surface area contributed by atoms with Crippen LogP contribution in [0.3, 0.4) is 0 Å². The summed E-state index contributed by atoms with van der Waals surface area (Å²) in [5, 5.41) is 12.1.